The lowest BCUT2D eigenvalue weighted by Crippen LogP contribution is -2.56. The van der Waals surface area contributed by atoms with Crippen LogP contribution in [0.5, 0.6) is 0 Å². The Morgan fingerprint density at radius 1 is 1.24 bits per heavy atom. The molecule has 6 heteroatoms. The first-order valence-electron chi connectivity index (χ1n) is 10.8. The molecule has 1 amide bonds. The monoisotopic (exact) mass is 405 g/mol. The van der Waals surface area contributed by atoms with E-state index < -0.39 is 12.1 Å². The summed E-state index contributed by atoms with van der Waals surface area (Å²) in [7, 11) is 0. The molecule has 0 aliphatic carbocycles. The van der Waals surface area contributed by atoms with Crippen molar-refractivity contribution in [3.8, 4) is 0 Å². The van der Waals surface area contributed by atoms with Gasteiger partial charge in [-0.1, -0.05) is 44.2 Å². The van der Waals surface area contributed by atoms with Gasteiger partial charge in [0.15, 0.2) is 0 Å². The number of benzene rings is 1. The maximum Gasteiger partial charge on any atom is 0.223 e. The van der Waals surface area contributed by atoms with Crippen molar-refractivity contribution in [2.45, 2.75) is 58.2 Å². The van der Waals surface area contributed by atoms with Crippen LogP contribution in [0, 0.1) is 11.8 Å². The van der Waals surface area contributed by atoms with Crippen LogP contribution in [0.3, 0.4) is 0 Å². The highest BCUT2D eigenvalue weighted by molar-refractivity contribution is 5.79. The molecular weight excluding hydrogens is 366 g/mol. The zero-order valence-corrected chi connectivity index (χ0v) is 18.4. The van der Waals surface area contributed by atoms with Gasteiger partial charge in [0.05, 0.1) is 19.3 Å². The Bertz CT molecular complexity index is 615. The van der Waals surface area contributed by atoms with E-state index in [1.165, 1.54) is 0 Å². The number of nitrogens with two attached hydrogens (primary N) is 1. The Kier molecular flexibility index (Phi) is 9.08. The molecule has 2 rings (SSSR count). The molecule has 3 atom stereocenters. The van der Waals surface area contributed by atoms with Crippen molar-refractivity contribution in [2.24, 2.45) is 17.6 Å². The van der Waals surface area contributed by atoms with Gasteiger partial charge >= 0.3 is 0 Å². The van der Waals surface area contributed by atoms with E-state index in [0.29, 0.717) is 19.4 Å². The molecule has 0 bridgehead atoms. The Balaban J connectivity index is 1.89. The average Bonchev–Trinajstić information content (AvgIpc) is 2.71. The van der Waals surface area contributed by atoms with Gasteiger partial charge in [-0.3, -0.25) is 9.69 Å². The van der Waals surface area contributed by atoms with Gasteiger partial charge in [0.2, 0.25) is 5.91 Å². The van der Waals surface area contributed by atoms with E-state index in [9.17, 15) is 9.90 Å². The standard InChI is InChI=1S/C23H39N3O3/c1-17(2)19(15-21(27)20(24)14-18-8-6-5-7-9-18)22(28)25-16-23(3,4)26-10-12-29-13-11-26/h5-9,17,19-21,27H,10-16,24H2,1-4H3,(H,25,28)/t19-,20+,21+/m1/s1. The van der Waals surface area contributed by atoms with Crippen molar-refractivity contribution in [3.63, 3.8) is 0 Å². The number of carbonyl (C=O) groups excluding carboxylic acids is 1. The van der Waals surface area contributed by atoms with Crippen LogP contribution in [-0.4, -0.2) is 66.4 Å². The number of carbonyl (C=O) groups is 1. The summed E-state index contributed by atoms with van der Waals surface area (Å²) >= 11 is 0. The number of amides is 1. The van der Waals surface area contributed by atoms with E-state index in [-0.39, 0.29) is 23.3 Å². The predicted octanol–water partition coefficient (Wildman–Crippen LogP) is 1.81. The van der Waals surface area contributed by atoms with Gasteiger partial charge in [0.1, 0.15) is 0 Å². The highest BCUT2D eigenvalue weighted by atomic mass is 16.5. The lowest BCUT2D eigenvalue weighted by molar-refractivity contribution is -0.128. The number of rotatable bonds is 10. The molecule has 0 unspecified atom stereocenters. The number of hydrogen-bond acceptors (Lipinski definition) is 5. The molecule has 1 aromatic rings. The van der Waals surface area contributed by atoms with Crippen LogP contribution in [0.25, 0.3) is 0 Å². The first-order chi connectivity index (χ1) is 13.7. The zero-order valence-electron chi connectivity index (χ0n) is 18.4. The number of aliphatic hydroxyl groups is 1. The first-order valence-corrected chi connectivity index (χ1v) is 10.8. The molecule has 0 radical (unpaired) electrons. The Morgan fingerprint density at radius 3 is 2.45 bits per heavy atom. The van der Waals surface area contributed by atoms with Gasteiger partial charge in [-0.15, -0.1) is 0 Å². The molecule has 1 aromatic carbocycles. The van der Waals surface area contributed by atoms with Crippen LogP contribution in [0.1, 0.15) is 39.7 Å². The molecule has 0 saturated carbocycles. The van der Waals surface area contributed by atoms with Crippen molar-refractivity contribution in [1.29, 1.82) is 0 Å². The minimum Gasteiger partial charge on any atom is -0.391 e. The summed E-state index contributed by atoms with van der Waals surface area (Å²) in [6, 6.07) is 9.52. The van der Waals surface area contributed by atoms with E-state index in [0.717, 1.165) is 31.9 Å². The molecule has 0 aromatic heterocycles. The highest BCUT2D eigenvalue weighted by Crippen LogP contribution is 2.21. The van der Waals surface area contributed by atoms with E-state index in [2.05, 4.69) is 24.1 Å². The third-order valence-corrected chi connectivity index (χ3v) is 6.01. The summed E-state index contributed by atoms with van der Waals surface area (Å²) in [4.78, 5) is 15.3. The van der Waals surface area contributed by atoms with Gasteiger partial charge in [0.25, 0.3) is 0 Å². The summed E-state index contributed by atoms with van der Waals surface area (Å²) in [6.07, 6.45) is 0.245. The first kappa shape index (κ1) is 23.8. The van der Waals surface area contributed by atoms with Crippen LogP contribution in [0.2, 0.25) is 0 Å². The molecule has 0 spiro atoms. The summed E-state index contributed by atoms with van der Waals surface area (Å²) in [6.45, 7) is 12.1. The van der Waals surface area contributed by atoms with Crippen LogP contribution >= 0.6 is 0 Å². The minimum atomic E-state index is -0.722. The number of nitrogens with zero attached hydrogens (tertiary/aromatic N) is 1. The maximum absolute atomic E-state index is 12.9. The topological polar surface area (TPSA) is 87.8 Å². The van der Waals surface area contributed by atoms with E-state index in [1.54, 1.807) is 0 Å². The smallest absolute Gasteiger partial charge is 0.223 e. The maximum atomic E-state index is 12.9. The fourth-order valence-electron chi connectivity index (χ4n) is 3.85. The van der Waals surface area contributed by atoms with Crippen molar-refractivity contribution < 1.29 is 14.6 Å². The number of aliphatic hydroxyl groups excluding tert-OH is 1. The molecule has 1 aliphatic heterocycles. The van der Waals surface area contributed by atoms with Crippen molar-refractivity contribution in [1.82, 2.24) is 10.2 Å². The lowest BCUT2D eigenvalue weighted by atomic mass is 9.86. The molecule has 29 heavy (non-hydrogen) atoms. The highest BCUT2D eigenvalue weighted by Gasteiger charge is 2.32. The minimum absolute atomic E-state index is 0.00713. The van der Waals surface area contributed by atoms with Gasteiger partial charge in [-0.05, 0) is 38.2 Å². The fraction of sp³-hybridized carbons (Fsp3) is 0.696. The third kappa shape index (κ3) is 7.37. The second kappa shape index (κ2) is 11.1. The van der Waals surface area contributed by atoms with Gasteiger partial charge < -0.3 is 20.9 Å². The second-order valence-corrected chi connectivity index (χ2v) is 9.14. The van der Waals surface area contributed by atoms with Crippen LogP contribution in [-0.2, 0) is 16.0 Å². The molecule has 1 fully saturated rings. The number of nitrogens with one attached hydrogen (secondary N) is 1. The summed E-state index contributed by atoms with van der Waals surface area (Å²) < 4.78 is 5.43. The fourth-order valence-corrected chi connectivity index (χ4v) is 3.85. The SMILES string of the molecule is CC(C)[C@@H](C[C@H](O)[C@@H](N)Cc1ccccc1)C(=O)NCC(C)(C)N1CCOCC1. The van der Waals surface area contributed by atoms with Gasteiger partial charge in [-0.2, -0.15) is 0 Å². The molecule has 6 nitrogen and oxygen atoms in total. The largest absolute Gasteiger partial charge is 0.391 e. The quantitative estimate of drug-likeness (QED) is 0.553. The summed E-state index contributed by atoms with van der Waals surface area (Å²) in [5, 5.41) is 13.8. The summed E-state index contributed by atoms with van der Waals surface area (Å²) in [5.74, 6) is -0.153. The van der Waals surface area contributed by atoms with Crippen molar-refractivity contribution in [3.05, 3.63) is 35.9 Å². The zero-order chi connectivity index (χ0) is 21.4. The Morgan fingerprint density at radius 2 is 1.86 bits per heavy atom. The molecule has 1 heterocycles. The van der Waals surface area contributed by atoms with E-state index in [4.69, 9.17) is 10.5 Å². The number of morpholine rings is 1. The molecule has 1 saturated heterocycles. The number of ether oxygens (including phenoxy) is 1. The number of hydrogen-bond donors (Lipinski definition) is 3. The van der Waals surface area contributed by atoms with Gasteiger partial charge in [-0.25, -0.2) is 0 Å². The Labute approximate surface area is 175 Å². The lowest BCUT2D eigenvalue weighted by Gasteiger charge is -2.41. The summed E-state index contributed by atoms with van der Waals surface area (Å²) in [5.41, 5.74) is 7.20. The molecule has 164 valence electrons. The third-order valence-electron chi connectivity index (χ3n) is 6.01. The van der Waals surface area contributed by atoms with Crippen molar-refractivity contribution >= 4 is 5.91 Å². The molecule has 1 aliphatic rings. The van der Waals surface area contributed by atoms with E-state index >= 15 is 0 Å². The normalized spacial score (nSPS) is 19.0. The average molecular weight is 406 g/mol. The molecule has 4 N–H and O–H groups in total. The van der Waals surface area contributed by atoms with Crippen LogP contribution in [0.15, 0.2) is 30.3 Å². The van der Waals surface area contributed by atoms with Crippen LogP contribution in [0.4, 0.5) is 0 Å². The van der Waals surface area contributed by atoms with E-state index in [1.807, 2.05) is 44.2 Å². The van der Waals surface area contributed by atoms with Gasteiger partial charge in [0, 0.05) is 37.1 Å². The predicted molar refractivity (Wildman–Crippen MR) is 117 cm³/mol. The van der Waals surface area contributed by atoms with Crippen LogP contribution < -0.4 is 11.1 Å². The second-order valence-electron chi connectivity index (χ2n) is 9.14. The Hall–Kier alpha value is -1.47. The molecular formula is C23H39N3O3. The van der Waals surface area contributed by atoms with Crippen molar-refractivity contribution in [2.75, 3.05) is 32.8 Å².